The molecule has 0 amide bonds. The first-order valence-corrected chi connectivity index (χ1v) is 18.8. The third-order valence-electron chi connectivity index (χ3n) is 8.20. The zero-order valence-electron chi connectivity index (χ0n) is 30.8. The van der Waals surface area contributed by atoms with Gasteiger partial charge in [-0.05, 0) is 56.0 Å². The van der Waals surface area contributed by atoms with Gasteiger partial charge in [0.15, 0.2) is 5.00 Å². The molecule has 1 unspecified atom stereocenters. The van der Waals surface area contributed by atoms with Crippen LogP contribution >= 0.6 is 11.3 Å². The first-order valence-electron chi connectivity index (χ1n) is 18.0. The highest BCUT2D eigenvalue weighted by atomic mass is 32.1. The van der Waals surface area contributed by atoms with Crippen LogP contribution in [-0.4, -0.2) is 78.5 Å². The van der Waals surface area contributed by atoms with Crippen molar-refractivity contribution in [2.24, 2.45) is 16.1 Å². The van der Waals surface area contributed by atoms with Crippen molar-refractivity contribution >= 4 is 33.7 Å². The Bertz CT molecular complexity index is 1370. The average molecular weight is 712 g/mol. The van der Waals surface area contributed by atoms with Gasteiger partial charge in [0.25, 0.3) is 0 Å². The summed E-state index contributed by atoms with van der Waals surface area (Å²) in [7, 11) is 0. The number of ether oxygens (including phenoxy) is 5. The van der Waals surface area contributed by atoms with Gasteiger partial charge >= 0.3 is 5.97 Å². The maximum Gasteiger partial charge on any atom is 0.306 e. The van der Waals surface area contributed by atoms with Gasteiger partial charge in [0.2, 0.25) is 0 Å². The van der Waals surface area contributed by atoms with E-state index in [2.05, 4.69) is 54.1 Å². The third-order valence-corrected chi connectivity index (χ3v) is 9.28. The Morgan fingerprint density at radius 2 is 1.46 bits per heavy atom. The van der Waals surface area contributed by atoms with E-state index in [-0.39, 0.29) is 12.6 Å². The summed E-state index contributed by atoms with van der Waals surface area (Å²) in [6, 6.07) is 10.2. The molecule has 1 aromatic heterocycles. The standard InChI is InChI=1S/C38H57N5O6S/c1-6-8-9-10-11-12-13-30(3)26-37(44)49-25-24-48-23-22-47-21-20-46-19-18-45-17-16-43(7-2)33-14-15-35(31(4)27-33)41-42-38-34(28-39)32(5)36(29-40)50-38/h14-15,27,30H,6-13,16-26H2,1-5H3. The number of nitriles is 2. The van der Waals surface area contributed by atoms with Crippen LogP contribution in [-0.2, 0) is 28.5 Å². The van der Waals surface area contributed by atoms with E-state index in [0.29, 0.717) is 91.9 Å². The summed E-state index contributed by atoms with van der Waals surface area (Å²) in [5.41, 5.74) is 3.77. The van der Waals surface area contributed by atoms with Gasteiger partial charge in [0.05, 0.1) is 64.1 Å². The van der Waals surface area contributed by atoms with Gasteiger partial charge in [-0.3, -0.25) is 4.79 Å². The maximum atomic E-state index is 12.0. The second-order valence-electron chi connectivity index (χ2n) is 12.2. The predicted molar refractivity (Wildman–Crippen MR) is 198 cm³/mol. The van der Waals surface area contributed by atoms with Crippen molar-refractivity contribution < 1.29 is 28.5 Å². The lowest BCUT2D eigenvalue weighted by Gasteiger charge is -2.23. The van der Waals surface area contributed by atoms with Gasteiger partial charge in [-0.1, -0.05) is 58.8 Å². The predicted octanol–water partition coefficient (Wildman–Crippen LogP) is 8.74. The summed E-state index contributed by atoms with van der Waals surface area (Å²) >= 11 is 1.18. The van der Waals surface area contributed by atoms with Gasteiger partial charge in [0, 0.05) is 25.2 Å². The Balaban J connectivity index is 1.48. The number of likely N-dealkylation sites (N-methyl/N-ethyl adjacent to an activating group) is 1. The number of nitrogens with zero attached hydrogens (tertiary/aromatic N) is 5. The molecule has 0 spiro atoms. The van der Waals surface area contributed by atoms with Crippen LogP contribution in [0.1, 0.15) is 93.7 Å². The number of hydrogen-bond acceptors (Lipinski definition) is 12. The van der Waals surface area contributed by atoms with Crippen molar-refractivity contribution in [2.75, 3.05) is 77.5 Å². The zero-order valence-corrected chi connectivity index (χ0v) is 31.7. The van der Waals surface area contributed by atoms with Crippen LogP contribution in [0.15, 0.2) is 28.4 Å². The Morgan fingerprint density at radius 1 is 0.840 bits per heavy atom. The highest BCUT2D eigenvalue weighted by Crippen LogP contribution is 2.36. The van der Waals surface area contributed by atoms with E-state index in [9.17, 15) is 15.3 Å². The molecule has 1 aromatic carbocycles. The van der Waals surface area contributed by atoms with Crippen LogP contribution in [0, 0.1) is 42.4 Å². The van der Waals surface area contributed by atoms with Gasteiger partial charge in [-0.25, -0.2) is 0 Å². The SMILES string of the molecule is CCCCCCCCC(C)CC(=O)OCCOCCOCCOCCOCCN(CC)c1ccc(N=Nc2sc(C#N)c(C)c2C#N)c(C)c1. The number of anilines is 1. The molecule has 0 aliphatic rings. The number of thiophene rings is 1. The Labute approximate surface area is 303 Å². The van der Waals surface area contributed by atoms with Crippen molar-refractivity contribution in [3.8, 4) is 12.1 Å². The maximum absolute atomic E-state index is 12.0. The topological polar surface area (TPSA) is 139 Å². The lowest BCUT2D eigenvalue weighted by atomic mass is 9.99. The van der Waals surface area contributed by atoms with E-state index < -0.39 is 0 Å². The summed E-state index contributed by atoms with van der Waals surface area (Å²) in [5, 5.41) is 27.8. The first kappa shape index (κ1) is 42.8. The molecule has 2 rings (SSSR count). The molecule has 50 heavy (non-hydrogen) atoms. The molecule has 1 atom stereocenters. The molecule has 0 radical (unpaired) electrons. The van der Waals surface area contributed by atoms with Crippen molar-refractivity contribution in [1.29, 1.82) is 10.5 Å². The third kappa shape index (κ3) is 17.0. The Kier molecular flexibility index (Phi) is 22.6. The quantitative estimate of drug-likeness (QED) is 0.0482. The largest absolute Gasteiger partial charge is 0.463 e. The van der Waals surface area contributed by atoms with E-state index in [1.807, 2.05) is 19.1 Å². The number of unbranched alkanes of at least 4 members (excludes halogenated alkanes) is 5. The van der Waals surface area contributed by atoms with Crippen molar-refractivity contribution in [3.63, 3.8) is 0 Å². The molecule has 12 heteroatoms. The molecular weight excluding hydrogens is 655 g/mol. The number of esters is 1. The van der Waals surface area contributed by atoms with Gasteiger partial charge in [-0.15, -0.1) is 21.6 Å². The fourth-order valence-electron chi connectivity index (χ4n) is 5.19. The number of carbonyl (C=O) groups is 1. The molecule has 0 aliphatic heterocycles. The van der Waals surface area contributed by atoms with Crippen LogP contribution in [0.25, 0.3) is 0 Å². The van der Waals surface area contributed by atoms with Crippen molar-refractivity contribution in [2.45, 2.75) is 86.0 Å². The van der Waals surface area contributed by atoms with Gasteiger partial charge in [-0.2, -0.15) is 10.5 Å². The molecule has 0 fully saturated rings. The molecule has 0 N–H and O–H groups in total. The van der Waals surface area contributed by atoms with Crippen LogP contribution in [0.2, 0.25) is 0 Å². The van der Waals surface area contributed by atoms with Crippen molar-refractivity contribution in [1.82, 2.24) is 0 Å². The van der Waals surface area contributed by atoms with E-state index >= 15 is 0 Å². The normalized spacial score (nSPS) is 11.8. The molecule has 1 heterocycles. The lowest BCUT2D eigenvalue weighted by molar-refractivity contribution is -0.146. The van der Waals surface area contributed by atoms with Crippen LogP contribution in [0.3, 0.4) is 0 Å². The summed E-state index contributed by atoms with van der Waals surface area (Å²) < 4.78 is 27.7. The molecule has 0 aliphatic carbocycles. The summed E-state index contributed by atoms with van der Waals surface area (Å²) in [5.74, 6) is 0.214. The molecule has 0 saturated carbocycles. The number of azo groups is 1. The average Bonchev–Trinajstić information content (AvgIpc) is 3.42. The van der Waals surface area contributed by atoms with Gasteiger partial charge in [0.1, 0.15) is 23.6 Å². The molecule has 276 valence electrons. The van der Waals surface area contributed by atoms with E-state index in [0.717, 1.165) is 30.8 Å². The first-order chi connectivity index (χ1) is 24.3. The lowest BCUT2D eigenvalue weighted by Crippen LogP contribution is -2.27. The fourth-order valence-corrected chi connectivity index (χ4v) is 6.07. The van der Waals surface area contributed by atoms with Crippen LogP contribution < -0.4 is 4.90 Å². The second-order valence-corrected chi connectivity index (χ2v) is 13.2. The van der Waals surface area contributed by atoms with E-state index in [1.54, 1.807) is 6.92 Å². The highest BCUT2D eigenvalue weighted by Gasteiger charge is 2.15. The van der Waals surface area contributed by atoms with Crippen LogP contribution in [0.5, 0.6) is 0 Å². The number of hydrogen-bond donors (Lipinski definition) is 0. The number of carbonyl (C=O) groups excluding carboxylic acids is 1. The Morgan fingerprint density at radius 3 is 2.06 bits per heavy atom. The Hall–Kier alpha value is -3.39. The smallest absolute Gasteiger partial charge is 0.306 e. The minimum atomic E-state index is -0.146. The zero-order chi connectivity index (χ0) is 36.4. The molecule has 2 aromatic rings. The molecule has 0 saturated heterocycles. The molecule has 11 nitrogen and oxygen atoms in total. The number of benzene rings is 1. The molecular formula is C38H57N5O6S. The van der Waals surface area contributed by atoms with E-state index in [4.69, 9.17) is 23.7 Å². The highest BCUT2D eigenvalue weighted by molar-refractivity contribution is 7.16. The fraction of sp³-hybridized carbons (Fsp3) is 0.658. The summed E-state index contributed by atoms with van der Waals surface area (Å²) in [6.07, 6.45) is 9.18. The minimum absolute atomic E-state index is 0.146. The number of aryl methyl sites for hydroxylation is 1. The molecule has 0 bridgehead atoms. The minimum Gasteiger partial charge on any atom is -0.463 e. The van der Waals surface area contributed by atoms with Gasteiger partial charge < -0.3 is 28.6 Å². The number of rotatable bonds is 28. The summed E-state index contributed by atoms with van der Waals surface area (Å²) in [6.45, 7) is 15.8. The van der Waals surface area contributed by atoms with Crippen molar-refractivity contribution in [3.05, 3.63) is 39.8 Å². The monoisotopic (exact) mass is 711 g/mol. The summed E-state index contributed by atoms with van der Waals surface area (Å²) in [4.78, 5) is 14.7. The van der Waals surface area contributed by atoms with Crippen LogP contribution in [0.4, 0.5) is 16.4 Å². The second kappa shape index (κ2) is 26.4. The van der Waals surface area contributed by atoms with E-state index in [1.165, 1.54) is 49.9 Å².